The Morgan fingerprint density at radius 2 is 2.00 bits per heavy atom. The van der Waals surface area contributed by atoms with E-state index >= 15 is 0 Å². The van der Waals surface area contributed by atoms with Crippen molar-refractivity contribution in [3.05, 3.63) is 47.2 Å². The van der Waals surface area contributed by atoms with Gasteiger partial charge in [-0.05, 0) is 19.1 Å². The smallest absolute Gasteiger partial charge is 0.236 e. The lowest BCUT2D eigenvalue weighted by Gasteiger charge is -2.11. The Bertz CT molecular complexity index is 1050. The second-order valence-corrected chi connectivity index (χ2v) is 9.51. The van der Waals surface area contributed by atoms with Gasteiger partial charge in [-0.1, -0.05) is 29.5 Å². The minimum Gasteiger partial charge on any atom is -0.301 e. The molecule has 1 aromatic carbocycles. The topological polar surface area (TPSA) is 119 Å². The maximum absolute atomic E-state index is 12.1. The molecule has 1 amide bonds. The van der Waals surface area contributed by atoms with E-state index in [1.165, 1.54) is 23.1 Å². The molecule has 0 saturated carbocycles. The Morgan fingerprint density at radius 1 is 1.25 bits per heavy atom. The van der Waals surface area contributed by atoms with Gasteiger partial charge in [0.05, 0.1) is 18.6 Å². The Kier molecular flexibility index (Phi) is 6.44. The molecule has 0 aliphatic rings. The molecular weight excluding hydrogens is 420 g/mol. The third-order valence-electron chi connectivity index (χ3n) is 3.50. The predicted octanol–water partition coefficient (Wildman–Crippen LogP) is 1.81. The zero-order chi connectivity index (χ0) is 20.1. The SMILES string of the molecule is Cc1ccc(-n2c(CNS(C)(=O)=O)nnc2SCC(=O)Nc2nccs2)cc1. The number of nitrogens with zero attached hydrogens (tertiary/aromatic N) is 4. The van der Waals surface area contributed by atoms with Crippen molar-refractivity contribution in [2.75, 3.05) is 17.3 Å². The summed E-state index contributed by atoms with van der Waals surface area (Å²) in [6.07, 6.45) is 2.70. The number of amides is 1. The van der Waals surface area contributed by atoms with Crippen molar-refractivity contribution in [1.29, 1.82) is 0 Å². The van der Waals surface area contributed by atoms with Crippen LogP contribution in [-0.2, 0) is 21.4 Å². The van der Waals surface area contributed by atoms with Crippen molar-refractivity contribution in [2.24, 2.45) is 0 Å². The number of anilines is 1. The molecule has 0 radical (unpaired) electrons. The van der Waals surface area contributed by atoms with Gasteiger partial charge in [-0.25, -0.2) is 18.1 Å². The van der Waals surface area contributed by atoms with Crippen molar-refractivity contribution < 1.29 is 13.2 Å². The number of nitrogens with one attached hydrogen (secondary N) is 2. The van der Waals surface area contributed by atoms with Crippen LogP contribution in [0.3, 0.4) is 0 Å². The second kappa shape index (κ2) is 8.82. The van der Waals surface area contributed by atoms with Crippen LogP contribution in [0.2, 0.25) is 0 Å². The molecule has 0 saturated heterocycles. The monoisotopic (exact) mass is 438 g/mol. The highest BCUT2D eigenvalue weighted by Gasteiger charge is 2.17. The summed E-state index contributed by atoms with van der Waals surface area (Å²) in [4.78, 5) is 16.1. The number of thiazole rings is 1. The van der Waals surface area contributed by atoms with Gasteiger partial charge in [0, 0.05) is 17.3 Å². The van der Waals surface area contributed by atoms with E-state index in [1.807, 2.05) is 31.2 Å². The lowest BCUT2D eigenvalue weighted by atomic mass is 10.2. The fourth-order valence-corrected chi connectivity index (χ4v) is 3.93. The van der Waals surface area contributed by atoms with Gasteiger partial charge in [0.1, 0.15) is 0 Å². The lowest BCUT2D eigenvalue weighted by molar-refractivity contribution is -0.113. The normalized spacial score (nSPS) is 11.5. The summed E-state index contributed by atoms with van der Waals surface area (Å²) >= 11 is 2.54. The van der Waals surface area contributed by atoms with Crippen molar-refractivity contribution >= 4 is 44.2 Å². The Labute approximate surface area is 170 Å². The molecule has 28 heavy (non-hydrogen) atoms. The Hall–Kier alpha value is -2.28. The first-order valence-corrected chi connectivity index (χ1v) is 11.9. The summed E-state index contributed by atoms with van der Waals surface area (Å²) in [5.74, 6) is 0.328. The fraction of sp³-hybridized carbons (Fsp3) is 0.250. The van der Waals surface area contributed by atoms with Crippen LogP contribution in [0.4, 0.5) is 5.13 Å². The van der Waals surface area contributed by atoms with Crippen LogP contribution < -0.4 is 10.0 Å². The molecule has 0 spiro atoms. The number of carbonyl (C=O) groups excluding carboxylic acids is 1. The van der Waals surface area contributed by atoms with Crippen LogP contribution >= 0.6 is 23.1 Å². The first-order valence-electron chi connectivity index (χ1n) is 8.10. The van der Waals surface area contributed by atoms with Crippen LogP contribution in [-0.4, -0.2) is 46.1 Å². The van der Waals surface area contributed by atoms with Gasteiger partial charge in [0.15, 0.2) is 16.1 Å². The quantitative estimate of drug-likeness (QED) is 0.515. The third kappa shape index (κ3) is 5.61. The highest BCUT2D eigenvalue weighted by molar-refractivity contribution is 7.99. The van der Waals surface area contributed by atoms with E-state index in [2.05, 4.69) is 25.2 Å². The van der Waals surface area contributed by atoms with E-state index in [0.29, 0.717) is 16.1 Å². The van der Waals surface area contributed by atoms with E-state index < -0.39 is 10.0 Å². The number of hydrogen-bond donors (Lipinski definition) is 2. The number of benzene rings is 1. The van der Waals surface area contributed by atoms with Gasteiger partial charge in [-0.15, -0.1) is 21.5 Å². The van der Waals surface area contributed by atoms with E-state index in [1.54, 1.807) is 16.1 Å². The second-order valence-electron chi connectivity index (χ2n) is 5.84. The van der Waals surface area contributed by atoms with Crippen LogP contribution in [0.25, 0.3) is 5.69 Å². The maximum atomic E-state index is 12.1. The number of thioether (sulfide) groups is 1. The maximum Gasteiger partial charge on any atom is 0.236 e. The predicted molar refractivity (Wildman–Crippen MR) is 109 cm³/mol. The Balaban J connectivity index is 1.80. The minimum absolute atomic E-state index is 0.00835. The summed E-state index contributed by atoms with van der Waals surface area (Å²) < 4.78 is 27.0. The van der Waals surface area contributed by atoms with Crippen molar-refractivity contribution in [2.45, 2.75) is 18.6 Å². The number of hydrogen-bond acceptors (Lipinski definition) is 8. The third-order valence-corrected chi connectivity index (χ3v) is 5.78. The van der Waals surface area contributed by atoms with Gasteiger partial charge < -0.3 is 5.32 Å². The van der Waals surface area contributed by atoms with Crippen LogP contribution in [0.15, 0.2) is 41.0 Å². The number of rotatable bonds is 8. The first kappa shape index (κ1) is 20.5. The number of aryl methyl sites for hydroxylation is 1. The highest BCUT2D eigenvalue weighted by atomic mass is 32.2. The van der Waals surface area contributed by atoms with Gasteiger partial charge in [0.25, 0.3) is 0 Å². The van der Waals surface area contributed by atoms with E-state index in [0.717, 1.165) is 17.5 Å². The molecule has 3 rings (SSSR count). The zero-order valence-electron chi connectivity index (χ0n) is 15.1. The molecule has 2 heterocycles. The van der Waals surface area contributed by atoms with E-state index in [9.17, 15) is 13.2 Å². The minimum atomic E-state index is -3.38. The van der Waals surface area contributed by atoms with Gasteiger partial charge in [-0.2, -0.15) is 0 Å². The average molecular weight is 439 g/mol. The molecule has 0 bridgehead atoms. The molecule has 0 atom stereocenters. The molecule has 0 unspecified atom stereocenters. The van der Waals surface area contributed by atoms with Gasteiger partial charge in [-0.3, -0.25) is 9.36 Å². The molecule has 0 aliphatic heterocycles. The summed E-state index contributed by atoms with van der Waals surface area (Å²) in [6.45, 7) is 1.96. The van der Waals surface area contributed by atoms with Crippen LogP contribution in [0.5, 0.6) is 0 Å². The molecule has 148 valence electrons. The molecule has 0 fully saturated rings. The first-order chi connectivity index (χ1) is 13.3. The van der Waals surface area contributed by atoms with E-state index in [-0.39, 0.29) is 18.2 Å². The number of sulfonamides is 1. The molecule has 9 nitrogen and oxygen atoms in total. The molecule has 0 aliphatic carbocycles. The fourth-order valence-electron chi connectivity index (χ4n) is 2.23. The lowest BCUT2D eigenvalue weighted by Crippen LogP contribution is -2.23. The van der Waals surface area contributed by atoms with Gasteiger partial charge in [0.2, 0.25) is 15.9 Å². The number of carbonyl (C=O) groups is 1. The molecular formula is C16H18N6O3S3. The highest BCUT2D eigenvalue weighted by Crippen LogP contribution is 2.23. The van der Waals surface area contributed by atoms with Crippen molar-refractivity contribution in [1.82, 2.24) is 24.5 Å². The summed E-state index contributed by atoms with van der Waals surface area (Å²) in [6, 6.07) is 7.66. The van der Waals surface area contributed by atoms with Crippen molar-refractivity contribution in [3.63, 3.8) is 0 Å². The molecule has 3 aromatic rings. The molecule has 2 N–H and O–H groups in total. The largest absolute Gasteiger partial charge is 0.301 e. The summed E-state index contributed by atoms with van der Waals surface area (Å²) in [5.41, 5.74) is 1.87. The molecule has 12 heteroatoms. The Morgan fingerprint density at radius 3 is 2.64 bits per heavy atom. The number of aromatic nitrogens is 4. The summed E-state index contributed by atoms with van der Waals surface area (Å²) in [7, 11) is -3.38. The standard InChI is InChI=1S/C16H18N6O3S3/c1-11-3-5-12(6-4-11)22-13(9-18-28(2,24)25)20-21-16(22)27-10-14(23)19-15-17-7-8-26-15/h3-8,18H,9-10H2,1-2H3,(H,17,19,23). The van der Waals surface area contributed by atoms with Crippen LogP contribution in [0, 0.1) is 6.92 Å². The van der Waals surface area contributed by atoms with Crippen LogP contribution in [0.1, 0.15) is 11.4 Å². The summed E-state index contributed by atoms with van der Waals surface area (Å²) in [5, 5.41) is 13.7. The van der Waals surface area contributed by atoms with E-state index in [4.69, 9.17) is 0 Å². The molecule has 2 aromatic heterocycles. The van der Waals surface area contributed by atoms with Crippen molar-refractivity contribution in [3.8, 4) is 5.69 Å². The average Bonchev–Trinajstić information content (AvgIpc) is 3.28. The zero-order valence-corrected chi connectivity index (χ0v) is 17.6. The van der Waals surface area contributed by atoms with Gasteiger partial charge >= 0.3 is 0 Å².